The summed E-state index contributed by atoms with van der Waals surface area (Å²) in [6.07, 6.45) is 1.57. The molecule has 1 saturated heterocycles. The molecular weight excluding hydrogens is 348 g/mol. The minimum absolute atomic E-state index is 0.0493. The number of urea groups is 1. The van der Waals surface area contributed by atoms with Gasteiger partial charge in [-0.25, -0.2) is 9.78 Å². The van der Waals surface area contributed by atoms with Gasteiger partial charge < -0.3 is 24.4 Å². The van der Waals surface area contributed by atoms with Crippen molar-refractivity contribution < 1.29 is 19.0 Å². The number of carbonyl (C=O) groups is 1. The van der Waals surface area contributed by atoms with Gasteiger partial charge in [0.25, 0.3) is 0 Å². The normalized spacial score (nSPS) is 16.3. The van der Waals surface area contributed by atoms with Crippen LogP contribution in [0.3, 0.4) is 0 Å². The summed E-state index contributed by atoms with van der Waals surface area (Å²) < 4.78 is 16.6. The fourth-order valence-corrected chi connectivity index (χ4v) is 3.27. The van der Waals surface area contributed by atoms with Crippen molar-refractivity contribution in [2.24, 2.45) is 0 Å². The van der Waals surface area contributed by atoms with E-state index in [2.05, 4.69) is 15.3 Å². The molecule has 2 aromatic rings. The Kier molecular flexibility index (Phi) is 4.70. The van der Waals surface area contributed by atoms with Crippen LogP contribution in [0.1, 0.15) is 24.4 Å². The highest BCUT2D eigenvalue weighted by atomic mass is 16.7. The number of anilines is 1. The fraction of sp³-hybridized carbons (Fsp3) is 0.421. The lowest BCUT2D eigenvalue weighted by molar-refractivity contribution is 0.111. The summed E-state index contributed by atoms with van der Waals surface area (Å²) in [4.78, 5) is 22.9. The Morgan fingerprint density at radius 2 is 1.93 bits per heavy atom. The largest absolute Gasteiger partial charge is 0.474 e. The summed E-state index contributed by atoms with van der Waals surface area (Å²) in [6.45, 7) is 5.24. The Morgan fingerprint density at radius 3 is 2.70 bits per heavy atom. The Bertz CT molecular complexity index is 829. The zero-order valence-electron chi connectivity index (χ0n) is 15.4. The second kappa shape index (κ2) is 7.30. The highest BCUT2D eigenvalue weighted by Crippen LogP contribution is 2.34. The number of nitrogens with one attached hydrogen (secondary N) is 1. The number of carbonyl (C=O) groups excluding carboxylic acids is 1. The van der Waals surface area contributed by atoms with Gasteiger partial charge in [0.1, 0.15) is 11.9 Å². The van der Waals surface area contributed by atoms with Gasteiger partial charge >= 0.3 is 6.03 Å². The molecule has 0 spiro atoms. The van der Waals surface area contributed by atoms with E-state index in [0.29, 0.717) is 42.0 Å². The number of hydrogen-bond donors (Lipinski definition) is 1. The molecule has 0 bridgehead atoms. The average molecular weight is 370 g/mol. The maximum atomic E-state index is 12.5. The number of hydrogen-bond acceptors (Lipinski definition) is 6. The lowest BCUT2D eigenvalue weighted by atomic mass is 10.1. The predicted molar refractivity (Wildman–Crippen MR) is 98.3 cm³/mol. The highest BCUT2D eigenvalue weighted by molar-refractivity contribution is 5.89. The number of ether oxygens (including phenoxy) is 3. The summed E-state index contributed by atoms with van der Waals surface area (Å²) in [5.74, 6) is 2.64. The Labute approximate surface area is 157 Å². The minimum Gasteiger partial charge on any atom is -0.474 e. The van der Waals surface area contributed by atoms with Crippen LogP contribution in [0.5, 0.6) is 17.4 Å². The van der Waals surface area contributed by atoms with Crippen LogP contribution in [0, 0.1) is 13.8 Å². The first-order valence-electron chi connectivity index (χ1n) is 9.01. The van der Waals surface area contributed by atoms with Crippen LogP contribution in [0.2, 0.25) is 0 Å². The van der Waals surface area contributed by atoms with Crippen molar-refractivity contribution in [3.63, 3.8) is 0 Å². The van der Waals surface area contributed by atoms with Gasteiger partial charge in [-0.1, -0.05) is 0 Å². The number of piperidine rings is 1. The molecule has 8 nitrogen and oxygen atoms in total. The summed E-state index contributed by atoms with van der Waals surface area (Å²) in [6, 6.07) is 7.09. The molecule has 0 aliphatic carbocycles. The molecule has 0 unspecified atom stereocenters. The van der Waals surface area contributed by atoms with Crippen LogP contribution in [-0.2, 0) is 0 Å². The van der Waals surface area contributed by atoms with E-state index >= 15 is 0 Å². The fourth-order valence-electron chi connectivity index (χ4n) is 3.27. The molecule has 1 aromatic heterocycles. The zero-order valence-corrected chi connectivity index (χ0v) is 15.4. The summed E-state index contributed by atoms with van der Waals surface area (Å²) in [5, 5.41) is 2.91. The summed E-state index contributed by atoms with van der Waals surface area (Å²) in [5.41, 5.74) is 1.58. The van der Waals surface area contributed by atoms with Gasteiger partial charge in [-0.2, -0.15) is 4.98 Å². The molecule has 1 fully saturated rings. The third-order valence-corrected chi connectivity index (χ3v) is 4.58. The number of likely N-dealkylation sites (tertiary alicyclic amines) is 1. The quantitative estimate of drug-likeness (QED) is 0.894. The van der Waals surface area contributed by atoms with E-state index in [1.807, 2.05) is 19.9 Å². The van der Waals surface area contributed by atoms with Gasteiger partial charge in [-0.3, -0.25) is 0 Å². The molecule has 142 valence electrons. The first-order valence-corrected chi connectivity index (χ1v) is 9.01. The number of aromatic nitrogens is 2. The lowest BCUT2D eigenvalue weighted by Gasteiger charge is -2.32. The van der Waals surface area contributed by atoms with Crippen molar-refractivity contribution in [3.8, 4) is 17.4 Å². The molecule has 4 rings (SSSR count). The molecule has 2 aliphatic heterocycles. The van der Waals surface area contributed by atoms with Crippen LogP contribution in [0.25, 0.3) is 0 Å². The zero-order chi connectivity index (χ0) is 18.8. The van der Waals surface area contributed by atoms with Crippen molar-refractivity contribution >= 4 is 11.7 Å². The van der Waals surface area contributed by atoms with E-state index in [0.717, 1.165) is 18.5 Å². The van der Waals surface area contributed by atoms with Crippen molar-refractivity contribution in [3.05, 3.63) is 35.8 Å². The standard InChI is InChI=1S/C19H22N4O4/c1-12-9-18(21-13(2)20-12)27-15-5-7-23(8-6-15)19(24)22-14-3-4-16-17(10-14)26-11-25-16/h3-4,9-10,15H,5-8,11H2,1-2H3,(H,22,24). The number of nitrogens with zero attached hydrogens (tertiary/aromatic N) is 3. The number of benzene rings is 1. The van der Waals surface area contributed by atoms with Crippen LogP contribution in [-0.4, -0.2) is 46.9 Å². The van der Waals surface area contributed by atoms with Gasteiger partial charge in [0, 0.05) is 49.4 Å². The SMILES string of the molecule is Cc1cc(OC2CCN(C(=O)Nc3ccc4c(c3)OCO4)CC2)nc(C)n1. The van der Waals surface area contributed by atoms with Crippen molar-refractivity contribution in [2.45, 2.75) is 32.8 Å². The summed E-state index contributed by atoms with van der Waals surface area (Å²) >= 11 is 0. The van der Waals surface area contributed by atoms with Crippen molar-refractivity contribution in [1.29, 1.82) is 0 Å². The van der Waals surface area contributed by atoms with Crippen molar-refractivity contribution in [1.82, 2.24) is 14.9 Å². The third kappa shape index (κ3) is 4.05. The van der Waals surface area contributed by atoms with E-state index in [9.17, 15) is 4.79 Å². The average Bonchev–Trinajstić information content (AvgIpc) is 3.09. The Balaban J connectivity index is 1.30. The predicted octanol–water partition coefficient (Wildman–Crippen LogP) is 2.90. The molecule has 3 heterocycles. The Morgan fingerprint density at radius 1 is 1.15 bits per heavy atom. The van der Waals surface area contributed by atoms with Crippen LogP contribution >= 0.6 is 0 Å². The summed E-state index contributed by atoms with van der Waals surface area (Å²) in [7, 11) is 0. The molecule has 27 heavy (non-hydrogen) atoms. The number of fused-ring (bicyclic) bond motifs is 1. The molecule has 2 amide bonds. The first-order chi connectivity index (χ1) is 13.1. The smallest absolute Gasteiger partial charge is 0.321 e. The molecule has 1 aromatic carbocycles. The van der Waals surface area contributed by atoms with Crippen molar-refractivity contribution in [2.75, 3.05) is 25.2 Å². The van der Waals surface area contributed by atoms with Crippen LogP contribution in [0.4, 0.5) is 10.5 Å². The second-order valence-corrected chi connectivity index (χ2v) is 6.70. The molecular formula is C19H22N4O4. The Hall–Kier alpha value is -3.03. The lowest BCUT2D eigenvalue weighted by Crippen LogP contribution is -2.43. The first kappa shape index (κ1) is 17.4. The second-order valence-electron chi connectivity index (χ2n) is 6.70. The van der Waals surface area contributed by atoms with E-state index in [1.165, 1.54) is 0 Å². The third-order valence-electron chi connectivity index (χ3n) is 4.58. The van der Waals surface area contributed by atoms with E-state index in [1.54, 1.807) is 23.1 Å². The number of aryl methyl sites for hydroxylation is 2. The topological polar surface area (TPSA) is 85.8 Å². The van der Waals surface area contributed by atoms with Gasteiger partial charge in [-0.05, 0) is 26.0 Å². The molecule has 8 heteroatoms. The monoisotopic (exact) mass is 370 g/mol. The molecule has 0 atom stereocenters. The van der Waals surface area contributed by atoms with Crippen LogP contribution in [0.15, 0.2) is 24.3 Å². The minimum atomic E-state index is -0.124. The van der Waals surface area contributed by atoms with Gasteiger partial charge in [0.15, 0.2) is 11.5 Å². The molecule has 1 N–H and O–H groups in total. The maximum Gasteiger partial charge on any atom is 0.321 e. The van der Waals surface area contributed by atoms with E-state index < -0.39 is 0 Å². The van der Waals surface area contributed by atoms with Gasteiger partial charge in [-0.15, -0.1) is 0 Å². The maximum absolute atomic E-state index is 12.5. The molecule has 0 saturated carbocycles. The molecule has 0 radical (unpaired) electrons. The van der Waals surface area contributed by atoms with E-state index in [4.69, 9.17) is 14.2 Å². The van der Waals surface area contributed by atoms with E-state index in [-0.39, 0.29) is 18.9 Å². The number of amides is 2. The van der Waals surface area contributed by atoms with Crippen LogP contribution < -0.4 is 19.5 Å². The highest BCUT2D eigenvalue weighted by Gasteiger charge is 2.25. The molecule has 2 aliphatic rings. The number of rotatable bonds is 3. The van der Waals surface area contributed by atoms with Gasteiger partial charge in [0.2, 0.25) is 12.7 Å². The van der Waals surface area contributed by atoms with Gasteiger partial charge in [0.05, 0.1) is 0 Å².